The molecule has 0 aliphatic carbocycles. The SMILES string of the molecule is NC1CCn2cc(C3CCCCS3(=O)=O)nc2C1. The lowest BCUT2D eigenvalue weighted by molar-refractivity contribution is 0.463. The molecular weight excluding hydrogens is 250 g/mol. The van der Waals surface area contributed by atoms with E-state index < -0.39 is 9.84 Å². The average molecular weight is 269 g/mol. The highest BCUT2D eigenvalue weighted by Gasteiger charge is 2.33. The molecule has 0 aromatic carbocycles. The van der Waals surface area contributed by atoms with Crippen LogP contribution in [0.25, 0.3) is 0 Å². The summed E-state index contributed by atoms with van der Waals surface area (Å²) in [6, 6.07) is 0.163. The minimum Gasteiger partial charge on any atom is -0.334 e. The number of fused-ring (bicyclic) bond motifs is 1. The molecule has 1 aromatic heterocycles. The van der Waals surface area contributed by atoms with Gasteiger partial charge in [0.25, 0.3) is 0 Å². The molecule has 1 aromatic rings. The van der Waals surface area contributed by atoms with Gasteiger partial charge in [-0.15, -0.1) is 0 Å². The van der Waals surface area contributed by atoms with Crippen LogP contribution in [0.5, 0.6) is 0 Å². The monoisotopic (exact) mass is 269 g/mol. The Morgan fingerprint density at radius 2 is 2.17 bits per heavy atom. The van der Waals surface area contributed by atoms with Crippen LogP contribution >= 0.6 is 0 Å². The third kappa shape index (κ3) is 2.07. The van der Waals surface area contributed by atoms with Crippen LogP contribution < -0.4 is 5.73 Å². The smallest absolute Gasteiger partial charge is 0.158 e. The average Bonchev–Trinajstić information content (AvgIpc) is 2.70. The number of hydrogen-bond donors (Lipinski definition) is 1. The highest BCUT2D eigenvalue weighted by Crippen LogP contribution is 2.33. The van der Waals surface area contributed by atoms with E-state index >= 15 is 0 Å². The quantitative estimate of drug-likeness (QED) is 0.818. The van der Waals surface area contributed by atoms with Gasteiger partial charge >= 0.3 is 0 Å². The van der Waals surface area contributed by atoms with Gasteiger partial charge in [-0.1, -0.05) is 6.42 Å². The summed E-state index contributed by atoms with van der Waals surface area (Å²) in [5.74, 6) is 1.25. The van der Waals surface area contributed by atoms with Gasteiger partial charge in [-0.2, -0.15) is 0 Å². The fraction of sp³-hybridized carbons (Fsp3) is 0.750. The Kier molecular flexibility index (Phi) is 2.94. The van der Waals surface area contributed by atoms with Crippen molar-refractivity contribution in [2.45, 2.75) is 49.9 Å². The standard InChI is InChI=1S/C12H19N3O2S/c13-9-4-5-15-8-10(14-12(15)7-9)11-3-1-2-6-18(11,16)17/h8-9,11H,1-7,13H2. The van der Waals surface area contributed by atoms with Crippen LogP contribution in [-0.4, -0.2) is 29.8 Å². The second-order valence-electron chi connectivity index (χ2n) is 5.38. The molecule has 0 saturated carbocycles. The third-order valence-electron chi connectivity index (χ3n) is 3.97. The Labute approximate surface area is 107 Å². The molecule has 5 nitrogen and oxygen atoms in total. The van der Waals surface area contributed by atoms with Gasteiger partial charge in [0.2, 0.25) is 0 Å². The normalized spacial score (nSPS) is 30.9. The van der Waals surface area contributed by atoms with Crippen molar-refractivity contribution >= 4 is 9.84 Å². The Bertz CT molecular complexity index is 550. The Morgan fingerprint density at radius 1 is 1.33 bits per heavy atom. The van der Waals surface area contributed by atoms with Crippen LogP contribution in [-0.2, 0) is 22.8 Å². The summed E-state index contributed by atoms with van der Waals surface area (Å²) in [6.45, 7) is 0.857. The van der Waals surface area contributed by atoms with E-state index in [1.807, 2.05) is 6.20 Å². The summed E-state index contributed by atoms with van der Waals surface area (Å²) in [6.07, 6.45) is 6.11. The fourth-order valence-corrected chi connectivity index (χ4v) is 4.81. The second-order valence-corrected chi connectivity index (χ2v) is 7.68. The summed E-state index contributed by atoms with van der Waals surface area (Å²) >= 11 is 0. The minimum atomic E-state index is -3.00. The number of aromatic nitrogens is 2. The molecule has 0 spiro atoms. The predicted molar refractivity (Wildman–Crippen MR) is 68.9 cm³/mol. The van der Waals surface area contributed by atoms with E-state index in [9.17, 15) is 8.42 Å². The Balaban J connectivity index is 1.93. The van der Waals surface area contributed by atoms with E-state index in [1.165, 1.54) is 0 Å². The molecule has 2 aliphatic rings. The minimum absolute atomic E-state index is 0.163. The highest BCUT2D eigenvalue weighted by molar-refractivity contribution is 7.91. The van der Waals surface area contributed by atoms with Crippen molar-refractivity contribution in [1.29, 1.82) is 0 Å². The van der Waals surface area contributed by atoms with Crippen molar-refractivity contribution in [2.75, 3.05) is 5.75 Å². The van der Waals surface area contributed by atoms with Crippen LogP contribution in [0.1, 0.15) is 42.5 Å². The maximum atomic E-state index is 12.1. The summed E-state index contributed by atoms with van der Waals surface area (Å²) in [5, 5.41) is -0.388. The van der Waals surface area contributed by atoms with Gasteiger partial charge in [0.05, 0.1) is 11.4 Å². The number of hydrogen-bond acceptors (Lipinski definition) is 4. The van der Waals surface area contributed by atoms with Gasteiger partial charge < -0.3 is 10.3 Å². The molecule has 3 heterocycles. The van der Waals surface area contributed by atoms with Crippen LogP contribution in [0.4, 0.5) is 0 Å². The molecule has 1 saturated heterocycles. The maximum absolute atomic E-state index is 12.1. The summed E-state index contributed by atoms with van der Waals surface area (Å²) in [5.41, 5.74) is 6.65. The highest BCUT2D eigenvalue weighted by atomic mass is 32.2. The van der Waals surface area contributed by atoms with Crippen molar-refractivity contribution in [3.63, 3.8) is 0 Å². The lowest BCUT2D eigenvalue weighted by Gasteiger charge is -2.20. The number of imidazole rings is 1. The molecule has 2 aliphatic heterocycles. The molecule has 2 atom stereocenters. The molecule has 3 rings (SSSR count). The van der Waals surface area contributed by atoms with Gasteiger partial charge in [-0.05, 0) is 19.3 Å². The maximum Gasteiger partial charge on any atom is 0.158 e. The first-order valence-electron chi connectivity index (χ1n) is 6.59. The van der Waals surface area contributed by atoms with Gasteiger partial charge in [-0.3, -0.25) is 0 Å². The van der Waals surface area contributed by atoms with E-state index in [0.717, 1.165) is 43.7 Å². The first kappa shape index (κ1) is 12.2. The molecule has 0 bridgehead atoms. The zero-order chi connectivity index (χ0) is 12.8. The van der Waals surface area contributed by atoms with E-state index in [4.69, 9.17) is 5.73 Å². The van der Waals surface area contributed by atoms with Crippen LogP contribution in [0.2, 0.25) is 0 Å². The molecule has 1 fully saturated rings. The lowest BCUT2D eigenvalue weighted by Crippen LogP contribution is -2.30. The first-order chi connectivity index (χ1) is 8.56. The molecule has 0 amide bonds. The van der Waals surface area contributed by atoms with E-state index in [2.05, 4.69) is 9.55 Å². The van der Waals surface area contributed by atoms with Crippen LogP contribution in [0.15, 0.2) is 6.20 Å². The third-order valence-corrected chi connectivity index (χ3v) is 6.17. The predicted octanol–water partition coefficient (Wildman–Crippen LogP) is 0.796. The summed E-state index contributed by atoms with van der Waals surface area (Å²) in [4.78, 5) is 4.52. The molecule has 18 heavy (non-hydrogen) atoms. The lowest BCUT2D eigenvalue weighted by atomic mass is 10.1. The number of sulfone groups is 1. The second kappa shape index (κ2) is 4.35. The van der Waals surface area contributed by atoms with Crippen molar-refractivity contribution in [2.24, 2.45) is 5.73 Å². The number of aryl methyl sites for hydroxylation is 1. The zero-order valence-electron chi connectivity index (χ0n) is 10.4. The molecule has 100 valence electrons. The zero-order valence-corrected chi connectivity index (χ0v) is 11.2. The number of rotatable bonds is 1. The molecule has 6 heteroatoms. The van der Waals surface area contributed by atoms with E-state index in [1.54, 1.807) is 0 Å². The molecule has 0 radical (unpaired) electrons. The van der Waals surface area contributed by atoms with Crippen molar-refractivity contribution in [3.05, 3.63) is 17.7 Å². The Morgan fingerprint density at radius 3 is 2.94 bits per heavy atom. The number of nitrogens with two attached hydrogens (primary N) is 1. The van der Waals surface area contributed by atoms with Gasteiger partial charge in [0.15, 0.2) is 9.84 Å². The fourth-order valence-electron chi connectivity index (χ4n) is 2.92. The molecule has 2 N–H and O–H groups in total. The summed E-state index contributed by atoms with van der Waals surface area (Å²) in [7, 11) is -3.00. The largest absolute Gasteiger partial charge is 0.334 e. The van der Waals surface area contributed by atoms with Crippen molar-refractivity contribution in [3.8, 4) is 0 Å². The van der Waals surface area contributed by atoms with Gasteiger partial charge in [-0.25, -0.2) is 13.4 Å². The van der Waals surface area contributed by atoms with Gasteiger partial charge in [0, 0.05) is 25.2 Å². The van der Waals surface area contributed by atoms with E-state index in [0.29, 0.717) is 12.2 Å². The van der Waals surface area contributed by atoms with E-state index in [-0.39, 0.29) is 11.3 Å². The number of nitrogens with zero attached hydrogens (tertiary/aromatic N) is 2. The summed E-state index contributed by atoms with van der Waals surface area (Å²) < 4.78 is 26.2. The first-order valence-corrected chi connectivity index (χ1v) is 8.31. The topological polar surface area (TPSA) is 78.0 Å². The Hall–Kier alpha value is -0.880. The molecule has 2 unspecified atom stereocenters. The van der Waals surface area contributed by atoms with Crippen LogP contribution in [0, 0.1) is 0 Å². The van der Waals surface area contributed by atoms with Gasteiger partial charge in [0.1, 0.15) is 11.1 Å². The molecular formula is C12H19N3O2S. The van der Waals surface area contributed by atoms with Crippen molar-refractivity contribution < 1.29 is 8.42 Å². The van der Waals surface area contributed by atoms with Crippen molar-refractivity contribution in [1.82, 2.24) is 9.55 Å². The van der Waals surface area contributed by atoms with Crippen LogP contribution in [0.3, 0.4) is 0 Å².